The SMILES string of the molecule is COc1cc(-c2cc(C(=O)N3CCC(C(N)=O)CC3C3CCC(C(F)F)CC3)nn2C2NCCO2)c(F)cn1. The number of nitrogens with one attached hydrogen (secondary N) is 1. The number of aromatic nitrogens is 3. The number of piperidine rings is 1. The van der Waals surface area contributed by atoms with Crippen LogP contribution in [0.2, 0.25) is 0 Å². The summed E-state index contributed by atoms with van der Waals surface area (Å²) in [5, 5.41) is 7.65. The van der Waals surface area contributed by atoms with Gasteiger partial charge in [0.1, 0.15) is 0 Å². The molecule has 0 aromatic carbocycles. The van der Waals surface area contributed by atoms with Crippen LogP contribution < -0.4 is 15.8 Å². The lowest BCUT2D eigenvalue weighted by atomic mass is 9.74. The van der Waals surface area contributed by atoms with Gasteiger partial charge in [-0.15, -0.1) is 0 Å². The summed E-state index contributed by atoms with van der Waals surface area (Å²) in [6, 6.07) is 2.60. The molecule has 3 unspecified atom stereocenters. The summed E-state index contributed by atoms with van der Waals surface area (Å²) in [7, 11) is 1.42. The molecule has 1 saturated carbocycles. The van der Waals surface area contributed by atoms with Crippen LogP contribution in [0.15, 0.2) is 18.3 Å². The average Bonchev–Trinajstić information content (AvgIpc) is 3.63. The normalized spacial score (nSPS) is 27.6. The Hall–Kier alpha value is -3.19. The summed E-state index contributed by atoms with van der Waals surface area (Å²) in [4.78, 5) is 31.6. The number of ether oxygens (including phenoxy) is 2. The number of rotatable bonds is 7. The molecule has 39 heavy (non-hydrogen) atoms. The molecule has 10 nitrogen and oxygen atoms in total. The lowest BCUT2D eigenvalue weighted by Gasteiger charge is -2.44. The van der Waals surface area contributed by atoms with E-state index in [1.165, 1.54) is 23.9 Å². The van der Waals surface area contributed by atoms with Crippen LogP contribution in [-0.2, 0) is 9.53 Å². The van der Waals surface area contributed by atoms with Gasteiger partial charge in [0.05, 0.1) is 25.6 Å². The van der Waals surface area contributed by atoms with E-state index in [0.29, 0.717) is 57.4 Å². The monoisotopic (exact) mass is 550 g/mol. The van der Waals surface area contributed by atoms with Crippen molar-refractivity contribution in [2.24, 2.45) is 23.5 Å². The van der Waals surface area contributed by atoms with Crippen LogP contribution in [0.5, 0.6) is 5.88 Å². The van der Waals surface area contributed by atoms with Gasteiger partial charge in [-0.1, -0.05) is 0 Å². The van der Waals surface area contributed by atoms with Crippen LogP contribution in [0.25, 0.3) is 11.3 Å². The van der Waals surface area contributed by atoms with E-state index in [2.05, 4.69) is 15.4 Å². The largest absolute Gasteiger partial charge is 0.481 e. The average molecular weight is 551 g/mol. The molecule has 2 aromatic heterocycles. The molecule has 1 aliphatic carbocycles. The Morgan fingerprint density at radius 1 is 1.21 bits per heavy atom. The highest BCUT2D eigenvalue weighted by molar-refractivity contribution is 5.94. The highest BCUT2D eigenvalue weighted by atomic mass is 19.3. The van der Waals surface area contributed by atoms with Crippen molar-refractivity contribution in [1.82, 2.24) is 25.0 Å². The van der Waals surface area contributed by atoms with Crippen LogP contribution in [0.4, 0.5) is 13.2 Å². The van der Waals surface area contributed by atoms with E-state index >= 15 is 0 Å². The molecular weight excluding hydrogens is 517 g/mol. The molecule has 3 N–H and O–H groups in total. The first-order chi connectivity index (χ1) is 18.8. The van der Waals surface area contributed by atoms with E-state index in [1.54, 1.807) is 4.90 Å². The first kappa shape index (κ1) is 27.4. The number of amides is 2. The van der Waals surface area contributed by atoms with Crippen LogP contribution >= 0.6 is 0 Å². The third-order valence-electron chi connectivity index (χ3n) is 8.21. The van der Waals surface area contributed by atoms with Crippen LogP contribution in [-0.4, -0.2) is 70.8 Å². The van der Waals surface area contributed by atoms with Crippen molar-refractivity contribution in [3.8, 4) is 17.1 Å². The van der Waals surface area contributed by atoms with Gasteiger partial charge in [-0.05, 0) is 50.5 Å². The first-order valence-electron chi connectivity index (χ1n) is 13.3. The molecule has 2 aromatic rings. The Labute approximate surface area is 224 Å². The Morgan fingerprint density at radius 3 is 2.62 bits per heavy atom. The van der Waals surface area contributed by atoms with E-state index < -0.39 is 36.3 Å². The predicted octanol–water partition coefficient (Wildman–Crippen LogP) is 2.95. The fraction of sp³-hybridized carbons (Fsp3) is 0.615. The smallest absolute Gasteiger partial charge is 0.274 e. The number of alkyl halides is 2. The van der Waals surface area contributed by atoms with Crippen molar-refractivity contribution in [3.63, 3.8) is 0 Å². The topological polar surface area (TPSA) is 125 Å². The van der Waals surface area contributed by atoms with Gasteiger partial charge < -0.3 is 20.1 Å². The molecule has 2 amide bonds. The number of primary amides is 1. The van der Waals surface area contributed by atoms with Gasteiger partial charge in [-0.2, -0.15) is 5.10 Å². The van der Waals surface area contributed by atoms with Gasteiger partial charge in [-0.3, -0.25) is 14.9 Å². The molecule has 0 spiro atoms. The van der Waals surface area contributed by atoms with E-state index in [9.17, 15) is 22.8 Å². The minimum absolute atomic E-state index is 0.0330. The van der Waals surface area contributed by atoms with E-state index in [1.807, 2.05) is 0 Å². The van der Waals surface area contributed by atoms with Crippen LogP contribution in [0.1, 0.15) is 55.4 Å². The van der Waals surface area contributed by atoms with Crippen molar-refractivity contribution in [2.45, 2.75) is 57.3 Å². The molecule has 212 valence electrons. The van der Waals surface area contributed by atoms with Gasteiger partial charge in [0, 0.05) is 42.6 Å². The standard InChI is InChI=1S/C26H33F3N6O4/c1-38-22-11-17(18(27)13-32-22)21-12-19(33-35(21)26-31-7-9-39-26)25(37)34-8-6-16(24(30)36)10-20(34)14-2-4-15(5-3-14)23(28)29/h11-16,20,23,26,31H,2-10H2,1H3,(H2,30,36). The van der Waals surface area contributed by atoms with Gasteiger partial charge >= 0.3 is 0 Å². The molecular formula is C26H33F3N6O4. The third kappa shape index (κ3) is 5.60. The fourth-order valence-electron chi connectivity index (χ4n) is 6.06. The number of pyridine rings is 1. The molecule has 13 heteroatoms. The third-order valence-corrected chi connectivity index (χ3v) is 8.21. The molecule has 5 rings (SSSR count). The zero-order valence-electron chi connectivity index (χ0n) is 21.7. The Balaban J connectivity index is 1.47. The number of likely N-dealkylation sites (tertiary alicyclic amines) is 1. The Kier molecular flexibility index (Phi) is 8.08. The minimum atomic E-state index is -2.37. The van der Waals surface area contributed by atoms with Gasteiger partial charge in [-0.25, -0.2) is 22.8 Å². The summed E-state index contributed by atoms with van der Waals surface area (Å²) in [5.41, 5.74) is 6.15. The lowest BCUT2D eigenvalue weighted by Crippen LogP contribution is -2.52. The molecule has 0 radical (unpaired) electrons. The van der Waals surface area contributed by atoms with Crippen molar-refractivity contribution in [3.05, 3.63) is 29.8 Å². The summed E-state index contributed by atoms with van der Waals surface area (Å²) in [6.45, 7) is 1.25. The lowest BCUT2D eigenvalue weighted by molar-refractivity contribution is -0.124. The summed E-state index contributed by atoms with van der Waals surface area (Å²) < 4.78 is 53.8. The van der Waals surface area contributed by atoms with E-state index in [4.69, 9.17) is 15.2 Å². The molecule has 2 aliphatic heterocycles. The second-order valence-corrected chi connectivity index (χ2v) is 10.4. The number of nitrogens with zero attached hydrogens (tertiary/aromatic N) is 4. The summed E-state index contributed by atoms with van der Waals surface area (Å²) in [6.07, 6.45) is 0.561. The maximum absolute atomic E-state index is 14.9. The maximum Gasteiger partial charge on any atom is 0.274 e. The number of carbonyl (C=O) groups is 2. The molecule has 4 heterocycles. The molecule has 3 atom stereocenters. The zero-order chi connectivity index (χ0) is 27.7. The fourth-order valence-corrected chi connectivity index (χ4v) is 6.06. The quantitative estimate of drug-likeness (QED) is 0.543. The van der Waals surface area contributed by atoms with Crippen molar-refractivity contribution < 1.29 is 32.2 Å². The number of carbonyl (C=O) groups excluding carboxylic acids is 2. The molecule has 2 saturated heterocycles. The van der Waals surface area contributed by atoms with E-state index in [-0.39, 0.29) is 41.5 Å². The van der Waals surface area contributed by atoms with Crippen molar-refractivity contribution in [1.29, 1.82) is 0 Å². The maximum atomic E-state index is 14.9. The van der Waals surface area contributed by atoms with Crippen molar-refractivity contribution >= 4 is 11.8 Å². The van der Waals surface area contributed by atoms with Gasteiger partial charge in [0.2, 0.25) is 24.6 Å². The van der Waals surface area contributed by atoms with Crippen molar-refractivity contribution in [2.75, 3.05) is 26.8 Å². The molecule has 3 fully saturated rings. The first-order valence-corrected chi connectivity index (χ1v) is 13.3. The summed E-state index contributed by atoms with van der Waals surface area (Å²) >= 11 is 0. The van der Waals surface area contributed by atoms with Crippen LogP contribution in [0.3, 0.4) is 0 Å². The number of hydrogen-bond donors (Lipinski definition) is 2. The highest BCUT2D eigenvalue weighted by Crippen LogP contribution is 2.40. The van der Waals surface area contributed by atoms with Gasteiger partial charge in [0.25, 0.3) is 5.91 Å². The van der Waals surface area contributed by atoms with E-state index in [0.717, 1.165) is 6.20 Å². The number of nitrogens with two attached hydrogens (primary N) is 1. The van der Waals surface area contributed by atoms with Gasteiger partial charge in [0.15, 0.2) is 11.5 Å². The second kappa shape index (κ2) is 11.5. The second-order valence-electron chi connectivity index (χ2n) is 10.4. The predicted molar refractivity (Wildman–Crippen MR) is 133 cm³/mol. The zero-order valence-corrected chi connectivity index (χ0v) is 21.7. The highest BCUT2D eigenvalue weighted by Gasteiger charge is 2.41. The number of methoxy groups -OCH3 is 1. The summed E-state index contributed by atoms with van der Waals surface area (Å²) in [5.74, 6) is -2.30. The Morgan fingerprint density at radius 2 is 1.97 bits per heavy atom. The Bertz CT molecular complexity index is 1200. The number of halogens is 3. The molecule has 0 bridgehead atoms. The van der Waals surface area contributed by atoms with Crippen LogP contribution in [0, 0.1) is 23.6 Å². The minimum Gasteiger partial charge on any atom is -0.481 e. The molecule has 3 aliphatic rings. The number of hydrogen-bond acceptors (Lipinski definition) is 7.